The minimum absolute atomic E-state index is 0.216. The highest BCUT2D eigenvalue weighted by Crippen LogP contribution is 2.51. The molecule has 0 amide bonds. The fourth-order valence-electron chi connectivity index (χ4n) is 3.85. The molecule has 6 heteroatoms. The molecule has 124 valence electrons. The lowest BCUT2D eigenvalue weighted by atomic mass is 9.69. The van der Waals surface area contributed by atoms with Gasteiger partial charge in [0.1, 0.15) is 5.82 Å². The van der Waals surface area contributed by atoms with Gasteiger partial charge in [0.05, 0.1) is 5.56 Å². The van der Waals surface area contributed by atoms with E-state index in [1.54, 1.807) is 47.5 Å². The van der Waals surface area contributed by atoms with Crippen LogP contribution in [0, 0.1) is 0 Å². The number of pyridine rings is 1. The molecule has 2 aliphatic rings. The van der Waals surface area contributed by atoms with Crippen molar-refractivity contribution in [1.82, 2.24) is 4.98 Å². The fraction of sp³-hybridized carbons (Fsp3) is 0.333. The number of fused-ring (bicyclic) bond motifs is 2. The SMILES string of the molecule is O=C1c2cccnc2N(c2cccc(Cl)c2)[C@@]2(O)CCCC[C@@]12O. The molecule has 24 heavy (non-hydrogen) atoms. The number of aromatic nitrogens is 1. The molecule has 1 aliphatic carbocycles. The first-order valence-corrected chi connectivity index (χ1v) is 8.35. The molecule has 1 fully saturated rings. The number of hydrogen-bond donors (Lipinski definition) is 2. The van der Waals surface area contributed by atoms with Crippen LogP contribution in [0.3, 0.4) is 0 Å². The van der Waals surface area contributed by atoms with Gasteiger partial charge in [0, 0.05) is 16.9 Å². The lowest BCUT2D eigenvalue weighted by Crippen LogP contribution is -2.71. The molecule has 0 saturated heterocycles. The van der Waals surface area contributed by atoms with E-state index in [1.807, 2.05) is 0 Å². The molecule has 0 unspecified atom stereocenters. The van der Waals surface area contributed by atoms with Gasteiger partial charge in [-0.05, 0) is 56.0 Å². The van der Waals surface area contributed by atoms with Gasteiger partial charge >= 0.3 is 0 Å². The second-order valence-corrected chi connectivity index (χ2v) is 6.84. The highest BCUT2D eigenvalue weighted by atomic mass is 35.5. The molecule has 0 radical (unpaired) electrons. The molecule has 5 nitrogen and oxygen atoms in total. The normalized spacial score (nSPS) is 29.1. The topological polar surface area (TPSA) is 73.7 Å². The Hall–Kier alpha value is -1.95. The Labute approximate surface area is 144 Å². The van der Waals surface area contributed by atoms with E-state index >= 15 is 0 Å². The molecule has 2 atom stereocenters. The molecule has 1 aromatic heterocycles. The predicted octanol–water partition coefficient (Wildman–Crippen LogP) is 3.06. The number of carbonyl (C=O) groups excluding carboxylic acids is 1. The Balaban J connectivity index is 2.01. The van der Waals surface area contributed by atoms with Gasteiger partial charge < -0.3 is 10.2 Å². The van der Waals surface area contributed by atoms with Crippen molar-refractivity contribution in [2.45, 2.75) is 37.0 Å². The van der Waals surface area contributed by atoms with Crippen LogP contribution in [0.15, 0.2) is 42.6 Å². The molecular weight excluding hydrogens is 328 g/mol. The average molecular weight is 345 g/mol. The van der Waals surface area contributed by atoms with Crippen LogP contribution in [0.5, 0.6) is 0 Å². The monoisotopic (exact) mass is 344 g/mol. The zero-order chi connectivity index (χ0) is 16.9. The van der Waals surface area contributed by atoms with Gasteiger partial charge in [-0.25, -0.2) is 4.98 Å². The summed E-state index contributed by atoms with van der Waals surface area (Å²) in [7, 11) is 0. The second-order valence-electron chi connectivity index (χ2n) is 6.40. The van der Waals surface area contributed by atoms with Crippen LogP contribution in [0.1, 0.15) is 36.0 Å². The first kappa shape index (κ1) is 15.6. The van der Waals surface area contributed by atoms with Crippen molar-refractivity contribution in [2.24, 2.45) is 0 Å². The van der Waals surface area contributed by atoms with Crippen LogP contribution in [-0.4, -0.2) is 32.3 Å². The number of halogens is 1. The van der Waals surface area contributed by atoms with E-state index in [0.717, 1.165) is 0 Å². The molecule has 4 rings (SSSR count). The molecule has 2 heterocycles. The van der Waals surface area contributed by atoms with E-state index in [2.05, 4.69) is 4.98 Å². The third-order valence-corrected chi connectivity index (χ3v) is 5.27. The van der Waals surface area contributed by atoms with Crippen molar-refractivity contribution >= 4 is 28.9 Å². The first-order valence-electron chi connectivity index (χ1n) is 7.98. The van der Waals surface area contributed by atoms with Gasteiger partial charge in [0.25, 0.3) is 0 Å². The van der Waals surface area contributed by atoms with E-state index < -0.39 is 17.1 Å². The minimum atomic E-state index is -1.86. The quantitative estimate of drug-likeness (QED) is 0.831. The van der Waals surface area contributed by atoms with Crippen LogP contribution in [0.2, 0.25) is 5.02 Å². The van der Waals surface area contributed by atoms with Crippen molar-refractivity contribution in [1.29, 1.82) is 0 Å². The van der Waals surface area contributed by atoms with E-state index in [-0.39, 0.29) is 12.8 Å². The highest BCUT2D eigenvalue weighted by molar-refractivity contribution is 6.30. The summed E-state index contributed by atoms with van der Waals surface area (Å²) in [6.07, 6.45) is 3.46. The third kappa shape index (κ3) is 1.95. The van der Waals surface area contributed by atoms with E-state index in [0.29, 0.717) is 34.9 Å². The van der Waals surface area contributed by atoms with Crippen molar-refractivity contribution < 1.29 is 15.0 Å². The van der Waals surface area contributed by atoms with Gasteiger partial charge in [-0.3, -0.25) is 9.69 Å². The Morgan fingerprint density at radius 2 is 1.92 bits per heavy atom. The van der Waals surface area contributed by atoms with Crippen molar-refractivity contribution in [3.8, 4) is 0 Å². The predicted molar refractivity (Wildman–Crippen MR) is 90.5 cm³/mol. The number of anilines is 2. The molecule has 1 saturated carbocycles. The molecular formula is C18H17ClN2O3. The Kier molecular flexibility index (Phi) is 3.42. The Morgan fingerprint density at radius 1 is 1.12 bits per heavy atom. The number of rotatable bonds is 1. The van der Waals surface area contributed by atoms with Crippen LogP contribution in [-0.2, 0) is 0 Å². The number of carbonyl (C=O) groups is 1. The lowest BCUT2D eigenvalue weighted by Gasteiger charge is -2.54. The summed E-state index contributed by atoms with van der Waals surface area (Å²) in [6, 6.07) is 10.3. The second kappa shape index (κ2) is 5.28. The Bertz CT molecular complexity index is 827. The molecule has 0 spiro atoms. The molecule has 2 N–H and O–H groups in total. The van der Waals surface area contributed by atoms with E-state index in [9.17, 15) is 15.0 Å². The summed E-state index contributed by atoms with van der Waals surface area (Å²) in [4.78, 5) is 18.8. The van der Waals surface area contributed by atoms with E-state index in [1.165, 1.54) is 0 Å². The number of aliphatic hydroxyl groups is 2. The van der Waals surface area contributed by atoms with Gasteiger partial charge in [0.15, 0.2) is 11.3 Å². The van der Waals surface area contributed by atoms with Crippen LogP contribution in [0.4, 0.5) is 11.5 Å². The molecule has 2 aromatic rings. The van der Waals surface area contributed by atoms with E-state index in [4.69, 9.17) is 11.6 Å². The third-order valence-electron chi connectivity index (χ3n) is 5.03. The summed E-state index contributed by atoms with van der Waals surface area (Å²) >= 11 is 6.12. The summed E-state index contributed by atoms with van der Waals surface area (Å²) in [5, 5.41) is 23.1. The number of Topliss-reactive ketones (excluding diaryl/α,β-unsaturated/α-hetero) is 1. The summed E-state index contributed by atoms with van der Waals surface area (Å²) in [5.74, 6) is -0.120. The molecule has 0 bridgehead atoms. The van der Waals surface area contributed by atoms with Crippen molar-refractivity contribution in [2.75, 3.05) is 4.90 Å². The van der Waals surface area contributed by atoms with Gasteiger partial charge in [-0.1, -0.05) is 17.7 Å². The maximum Gasteiger partial charge on any atom is 0.203 e. The minimum Gasteiger partial charge on any atom is -0.377 e. The van der Waals surface area contributed by atoms with Crippen molar-refractivity contribution in [3.05, 3.63) is 53.2 Å². The number of nitrogens with zero attached hydrogens (tertiary/aromatic N) is 2. The Morgan fingerprint density at radius 3 is 2.71 bits per heavy atom. The summed E-state index contributed by atoms with van der Waals surface area (Å²) in [6.45, 7) is 0. The van der Waals surface area contributed by atoms with Crippen LogP contribution < -0.4 is 4.90 Å². The summed E-state index contributed by atoms with van der Waals surface area (Å²) < 4.78 is 0. The van der Waals surface area contributed by atoms with Crippen molar-refractivity contribution in [3.63, 3.8) is 0 Å². The van der Waals surface area contributed by atoms with Gasteiger partial charge in [0.2, 0.25) is 5.78 Å². The number of hydrogen-bond acceptors (Lipinski definition) is 5. The van der Waals surface area contributed by atoms with Crippen LogP contribution in [0.25, 0.3) is 0 Å². The van der Waals surface area contributed by atoms with Gasteiger partial charge in [-0.2, -0.15) is 0 Å². The molecule has 1 aromatic carbocycles. The van der Waals surface area contributed by atoms with Gasteiger partial charge in [-0.15, -0.1) is 0 Å². The maximum atomic E-state index is 12.9. The maximum absolute atomic E-state index is 12.9. The molecule has 1 aliphatic heterocycles. The number of benzene rings is 1. The lowest BCUT2D eigenvalue weighted by molar-refractivity contribution is -0.146. The first-order chi connectivity index (χ1) is 11.5. The fourth-order valence-corrected chi connectivity index (χ4v) is 4.04. The largest absolute Gasteiger partial charge is 0.377 e. The zero-order valence-electron chi connectivity index (χ0n) is 12.9. The number of ketones is 1. The highest BCUT2D eigenvalue weighted by Gasteiger charge is 2.63. The van der Waals surface area contributed by atoms with Crippen LogP contribution >= 0.6 is 11.6 Å². The average Bonchev–Trinajstić information content (AvgIpc) is 2.57. The smallest absolute Gasteiger partial charge is 0.203 e. The standard InChI is InChI=1S/C18H17ClN2O3/c19-12-5-3-6-13(11-12)21-16-14(7-4-10-20-16)15(22)17(23)8-1-2-9-18(17,21)24/h3-7,10-11,23-24H,1-2,8-9H2/t17-,18-/m1/s1. The zero-order valence-corrected chi connectivity index (χ0v) is 13.7. The summed E-state index contributed by atoms with van der Waals surface area (Å²) in [5.41, 5.74) is -2.69.